The predicted octanol–water partition coefficient (Wildman–Crippen LogP) is 4.46. The summed E-state index contributed by atoms with van der Waals surface area (Å²) >= 11 is 0. The number of nitrogens with zero attached hydrogens (tertiary/aromatic N) is 1. The number of ether oxygens (including phenoxy) is 1. The van der Waals surface area contributed by atoms with Crippen LogP contribution < -0.4 is 5.32 Å². The first kappa shape index (κ1) is 13.1. The highest BCUT2D eigenvalue weighted by atomic mass is 16.5. The van der Waals surface area contributed by atoms with Gasteiger partial charge in [-0.15, -0.1) is 0 Å². The summed E-state index contributed by atoms with van der Waals surface area (Å²) in [4.78, 5) is 0. The standard InChI is InChI=1S/C14H24NO/c1-3-5-7-9-13-14(10-8-6-4-2)16-12-11-15-13/h11-12H,3-10H2,1-2H3. The molecule has 0 aromatic carbocycles. The summed E-state index contributed by atoms with van der Waals surface area (Å²) in [5, 5.41) is 4.44. The van der Waals surface area contributed by atoms with Gasteiger partial charge in [-0.25, -0.2) is 0 Å². The molecule has 91 valence electrons. The minimum atomic E-state index is 1.04. The average Bonchev–Trinajstić information content (AvgIpc) is 2.32. The van der Waals surface area contributed by atoms with Crippen molar-refractivity contribution >= 4 is 0 Å². The topological polar surface area (TPSA) is 23.3 Å². The quantitative estimate of drug-likeness (QED) is 0.556. The summed E-state index contributed by atoms with van der Waals surface area (Å²) < 4.78 is 5.57. The van der Waals surface area contributed by atoms with Gasteiger partial charge in [-0.2, -0.15) is 0 Å². The smallest absolute Gasteiger partial charge is 0.125 e. The molecule has 0 amide bonds. The van der Waals surface area contributed by atoms with Crippen molar-refractivity contribution in [2.24, 2.45) is 0 Å². The lowest BCUT2D eigenvalue weighted by Crippen LogP contribution is -2.08. The van der Waals surface area contributed by atoms with Gasteiger partial charge in [-0.3, -0.25) is 5.32 Å². The molecule has 0 bridgehead atoms. The Labute approximate surface area is 99.8 Å². The third-order valence-electron chi connectivity index (χ3n) is 2.85. The fraction of sp³-hybridized carbons (Fsp3) is 0.714. The predicted molar refractivity (Wildman–Crippen MR) is 67.7 cm³/mol. The van der Waals surface area contributed by atoms with Crippen LogP contribution in [0.1, 0.15) is 65.2 Å². The molecule has 1 rings (SSSR count). The molecule has 0 atom stereocenters. The van der Waals surface area contributed by atoms with Crippen molar-refractivity contribution in [1.29, 1.82) is 0 Å². The van der Waals surface area contributed by atoms with Crippen molar-refractivity contribution in [3.8, 4) is 0 Å². The lowest BCUT2D eigenvalue weighted by atomic mass is 10.1. The van der Waals surface area contributed by atoms with Gasteiger partial charge in [-0.05, 0) is 19.3 Å². The number of hydrogen-bond acceptors (Lipinski definition) is 1. The van der Waals surface area contributed by atoms with Crippen LogP contribution in [0.3, 0.4) is 0 Å². The van der Waals surface area contributed by atoms with Gasteiger partial charge in [0.15, 0.2) is 0 Å². The zero-order valence-corrected chi connectivity index (χ0v) is 10.7. The van der Waals surface area contributed by atoms with Crippen molar-refractivity contribution in [3.63, 3.8) is 0 Å². The van der Waals surface area contributed by atoms with Crippen LogP contribution in [0.15, 0.2) is 23.9 Å². The molecule has 1 aliphatic heterocycles. The summed E-state index contributed by atoms with van der Waals surface area (Å²) in [6.07, 6.45) is 13.1. The van der Waals surface area contributed by atoms with Gasteiger partial charge >= 0.3 is 0 Å². The monoisotopic (exact) mass is 222 g/mol. The van der Waals surface area contributed by atoms with Gasteiger partial charge in [0.05, 0.1) is 11.9 Å². The molecule has 0 fully saturated rings. The Bertz CT molecular complexity index is 219. The lowest BCUT2D eigenvalue weighted by Gasteiger charge is -2.16. The Balaban J connectivity index is 2.37. The summed E-state index contributed by atoms with van der Waals surface area (Å²) in [6.45, 7) is 4.45. The van der Waals surface area contributed by atoms with Crippen LogP contribution in [0.2, 0.25) is 0 Å². The Morgan fingerprint density at radius 1 is 1.00 bits per heavy atom. The Hall–Kier alpha value is -0.920. The van der Waals surface area contributed by atoms with Crippen LogP contribution in [0.25, 0.3) is 0 Å². The maximum absolute atomic E-state index is 5.57. The summed E-state index contributed by atoms with van der Waals surface area (Å²) in [5.74, 6) is 1.10. The normalized spacial score (nSPS) is 14.9. The van der Waals surface area contributed by atoms with Gasteiger partial charge in [0.1, 0.15) is 12.0 Å². The molecule has 0 aromatic rings. The minimum Gasteiger partial charge on any atom is -0.466 e. The molecular weight excluding hydrogens is 198 g/mol. The van der Waals surface area contributed by atoms with E-state index in [-0.39, 0.29) is 0 Å². The second kappa shape index (κ2) is 8.26. The average molecular weight is 222 g/mol. The van der Waals surface area contributed by atoms with Crippen LogP contribution in [0.5, 0.6) is 0 Å². The fourth-order valence-corrected chi connectivity index (χ4v) is 1.86. The third-order valence-corrected chi connectivity index (χ3v) is 2.85. The molecule has 1 aliphatic rings. The van der Waals surface area contributed by atoms with Crippen LogP contribution >= 0.6 is 0 Å². The molecule has 0 N–H and O–H groups in total. The van der Waals surface area contributed by atoms with E-state index in [0.29, 0.717) is 0 Å². The number of rotatable bonds is 8. The summed E-state index contributed by atoms with van der Waals surface area (Å²) in [6, 6.07) is 0. The highest BCUT2D eigenvalue weighted by molar-refractivity contribution is 5.13. The van der Waals surface area contributed by atoms with Crippen molar-refractivity contribution in [2.75, 3.05) is 0 Å². The number of hydrogen-bond donors (Lipinski definition) is 0. The second-order valence-corrected chi connectivity index (χ2v) is 4.32. The maximum Gasteiger partial charge on any atom is 0.125 e. The molecule has 16 heavy (non-hydrogen) atoms. The van der Waals surface area contributed by atoms with Gasteiger partial charge in [0.25, 0.3) is 0 Å². The molecule has 0 saturated heterocycles. The van der Waals surface area contributed by atoms with Crippen molar-refractivity contribution in [2.45, 2.75) is 65.2 Å². The Kier molecular flexibility index (Phi) is 6.78. The maximum atomic E-state index is 5.57. The zero-order valence-electron chi connectivity index (χ0n) is 10.7. The number of allylic oxidation sites excluding steroid dienone is 2. The molecule has 0 saturated carbocycles. The Morgan fingerprint density at radius 3 is 2.38 bits per heavy atom. The molecule has 1 radical (unpaired) electrons. The number of unbranched alkanes of at least 4 members (excludes halogenated alkanes) is 4. The van der Waals surface area contributed by atoms with Crippen molar-refractivity contribution < 1.29 is 4.74 Å². The molecule has 0 unspecified atom stereocenters. The molecule has 0 spiro atoms. The first-order valence-corrected chi connectivity index (χ1v) is 6.63. The summed E-state index contributed by atoms with van der Waals surface area (Å²) in [7, 11) is 0. The summed E-state index contributed by atoms with van der Waals surface area (Å²) in [5.41, 5.74) is 1.17. The molecule has 1 heterocycles. The minimum absolute atomic E-state index is 1.04. The van der Waals surface area contributed by atoms with E-state index in [0.717, 1.165) is 18.6 Å². The van der Waals surface area contributed by atoms with E-state index in [1.54, 1.807) is 12.5 Å². The van der Waals surface area contributed by atoms with Crippen LogP contribution in [0.4, 0.5) is 0 Å². The highest BCUT2D eigenvalue weighted by Gasteiger charge is 2.11. The van der Waals surface area contributed by atoms with Gasteiger partial charge in [-0.1, -0.05) is 39.5 Å². The van der Waals surface area contributed by atoms with Crippen LogP contribution in [-0.2, 0) is 4.74 Å². The molecule has 2 heteroatoms. The second-order valence-electron chi connectivity index (χ2n) is 4.32. The zero-order chi connectivity index (χ0) is 11.6. The van der Waals surface area contributed by atoms with E-state index in [2.05, 4.69) is 19.2 Å². The Morgan fingerprint density at radius 2 is 1.69 bits per heavy atom. The largest absolute Gasteiger partial charge is 0.466 e. The molecule has 2 nitrogen and oxygen atoms in total. The molecule has 0 aliphatic carbocycles. The van der Waals surface area contributed by atoms with Gasteiger partial charge in [0, 0.05) is 6.42 Å². The van der Waals surface area contributed by atoms with E-state index in [1.165, 1.54) is 44.2 Å². The van der Waals surface area contributed by atoms with Crippen LogP contribution in [0, 0.1) is 0 Å². The first-order valence-electron chi connectivity index (χ1n) is 6.63. The van der Waals surface area contributed by atoms with E-state index in [9.17, 15) is 0 Å². The highest BCUT2D eigenvalue weighted by Crippen LogP contribution is 2.21. The van der Waals surface area contributed by atoms with E-state index in [1.807, 2.05) is 0 Å². The SMILES string of the molecule is CCCCCC1=C(CCCCC)OC=C[N]1. The first-order chi connectivity index (χ1) is 7.88. The van der Waals surface area contributed by atoms with Crippen LogP contribution in [-0.4, -0.2) is 0 Å². The van der Waals surface area contributed by atoms with E-state index >= 15 is 0 Å². The van der Waals surface area contributed by atoms with Crippen molar-refractivity contribution in [1.82, 2.24) is 5.32 Å². The van der Waals surface area contributed by atoms with Gasteiger partial charge in [0.2, 0.25) is 0 Å². The fourth-order valence-electron chi connectivity index (χ4n) is 1.86. The third kappa shape index (κ3) is 4.73. The van der Waals surface area contributed by atoms with Gasteiger partial charge < -0.3 is 4.74 Å². The molecular formula is C14H24NO. The molecule has 0 aromatic heterocycles. The van der Waals surface area contributed by atoms with Crippen molar-refractivity contribution in [3.05, 3.63) is 23.9 Å². The van der Waals surface area contributed by atoms with E-state index in [4.69, 9.17) is 4.74 Å². The van der Waals surface area contributed by atoms with E-state index < -0.39 is 0 Å². The lowest BCUT2D eigenvalue weighted by molar-refractivity contribution is 0.305.